The number of aromatic nitrogens is 2. The fraction of sp³-hybridized carbons (Fsp3) is 0.0526. The predicted octanol–water partition coefficient (Wildman–Crippen LogP) is 5.61. The second-order valence-electron chi connectivity index (χ2n) is 6.02. The Morgan fingerprint density at radius 1 is 1.00 bits per heavy atom. The van der Waals surface area contributed by atoms with Crippen molar-refractivity contribution in [3.8, 4) is 0 Å². The van der Waals surface area contributed by atoms with Crippen molar-refractivity contribution >= 4 is 72.4 Å². The number of carbonyl (C=O) groups is 2. The van der Waals surface area contributed by atoms with Crippen molar-refractivity contribution in [2.45, 2.75) is 6.92 Å². The normalized spacial score (nSPS) is 10.7. The summed E-state index contributed by atoms with van der Waals surface area (Å²) in [6.07, 6.45) is 0. The number of amides is 3. The Morgan fingerprint density at radius 2 is 1.83 bits per heavy atom. The van der Waals surface area contributed by atoms with Crippen molar-refractivity contribution in [1.29, 1.82) is 0 Å². The van der Waals surface area contributed by atoms with Gasteiger partial charge in [0.05, 0.1) is 10.2 Å². The number of benzene rings is 2. The van der Waals surface area contributed by atoms with Gasteiger partial charge in [-0.05, 0) is 36.8 Å². The molecule has 10 heteroatoms. The van der Waals surface area contributed by atoms with Crippen LogP contribution in [-0.2, 0) is 0 Å². The molecule has 0 unspecified atom stereocenters. The lowest BCUT2D eigenvalue weighted by Crippen LogP contribution is -2.19. The van der Waals surface area contributed by atoms with Crippen LogP contribution in [0.5, 0.6) is 0 Å². The number of hydrogen-bond donors (Lipinski definition) is 3. The summed E-state index contributed by atoms with van der Waals surface area (Å²) in [5.41, 5.74) is 2.66. The van der Waals surface area contributed by atoms with Crippen molar-refractivity contribution in [2.75, 3.05) is 16.0 Å². The van der Waals surface area contributed by atoms with Crippen LogP contribution < -0.4 is 16.0 Å². The number of para-hydroxylation sites is 1. The summed E-state index contributed by atoms with van der Waals surface area (Å²) in [6, 6.07) is 12.2. The number of halogens is 1. The molecule has 146 valence electrons. The second kappa shape index (κ2) is 8.16. The van der Waals surface area contributed by atoms with E-state index in [1.807, 2.05) is 25.1 Å². The zero-order chi connectivity index (χ0) is 20.4. The van der Waals surface area contributed by atoms with E-state index in [2.05, 4.69) is 25.9 Å². The van der Waals surface area contributed by atoms with E-state index in [1.54, 1.807) is 29.6 Å². The largest absolute Gasteiger partial charge is 0.325 e. The molecule has 0 fully saturated rings. The number of urea groups is 1. The molecule has 29 heavy (non-hydrogen) atoms. The molecule has 0 bridgehead atoms. The number of aryl methyl sites for hydroxylation is 1. The van der Waals surface area contributed by atoms with Crippen molar-refractivity contribution < 1.29 is 9.59 Å². The molecule has 0 radical (unpaired) electrons. The summed E-state index contributed by atoms with van der Waals surface area (Å²) < 4.78 is 0.999. The van der Waals surface area contributed by atoms with Crippen molar-refractivity contribution in [3.63, 3.8) is 0 Å². The number of fused-ring (bicyclic) bond motifs is 1. The molecule has 0 saturated carbocycles. The Labute approximate surface area is 178 Å². The third-order valence-corrected chi connectivity index (χ3v) is 5.81. The van der Waals surface area contributed by atoms with Crippen LogP contribution >= 0.6 is 34.3 Å². The molecule has 0 aliphatic heterocycles. The monoisotopic (exact) mass is 443 g/mol. The van der Waals surface area contributed by atoms with Crippen molar-refractivity contribution in [3.05, 3.63) is 64.1 Å². The quantitative estimate of drug-likeness (QED) is 0.382. The fourth-order valence-electron chi connectivity index (χ4n) is 2.56. The molecule has 0 spiro atoms. The summed E-state index contributed by atoms with van der Waals surface area (Å²) in [4.78, 5) is 33.2. The molecule has 3 N–H and O–H groups in total. The number of carbonyl (C=O) groups excluding carboxylic acids is 2. The smallest absolute Gasteiger partial charge is 0.308 e. The van der Waals surface area contributed by atoms with Gasteiger partial charge in [-0.2, -0.15) is 0 Å². The van der Waals surface area contributed by atoms with Gasteiger partial charge in [-0.15, -0.1) is 11.3 Å². The highest BCUT2D eigenvalue weighted by atomic mass is 35.5. The first-order valence-corrected chi connectivity index (χ1v) is 10.5. The first-order chi connectivity index (χ1) is 14.0. The number of nitrogens with zero attached hydrogens (tertiary/aromatic N) is 2. The number of thiazole rings is 2. The van der Waals surface area contributed by atoms with E-state index in [1.165, 1.54) is 11.3 Å². The summed E-state index contributed by atoms with van der Waals surface area (Å²) in [5.74, 6) is -0.388. The zero-order valence-electron chi connectivity index (χ0n) is 15.0. The van der Waals surface area contributed by atoms with E-state index >= 15 is 0 Å². The molecular weight excluding hydrogens is 430 g/mol. The lowest BCUT2D eigenvalue weighted by molar-refractivity contribution is 0.102. The molecule has 3 amide bonds. The van der Waals surface area contributed by atoms with Crippen LogP contribution in [-0.4, -0.2) is 21.9 Å². The van der Waals surface area contributed by atoms with E-state index in [9.17, 15) is 9.59 Å². The van der Waals surface area contributed by atoms with Gasteiger partial charge >= 0.3 is 6.03 Å². The van der Waals surface area contributed by atoms with Gasteiger partial charge in [0.15, 0.2) is 10.3 Å². The van der Waals surface area contributed by atoms with Crippen LogP contribution in [0.1, 0.15) is 16.1 Å². The lowest BCUT2D eigenvalue weighted by atomic mass is 10.2. The lowest BCUT2D eigenvalue weighted by Gasteiger charge is -2.05. The van der Waals surface area contributed by atoms with Gasteiger partial charge in [0, 0.05) is 16.1 Å². The topological polar surface area (TPSA) is 96.0 Å². The van der Waals surface area contributed by atoms with Crippen molar-refractivity contribution in [1.82, 2.24) is 9.97 Å². The number of hydrogen-bond acceptors (Lipinski definition) is 6. The third kappa shape index (κ3) is 4.53. The highest BCUT2D eigenvalue weighted by Gasteiger charge is 2.15. The molecule has 0 aliphatic carbocycles. The maximum atomic E-state index is 12.5. The van der Waals surface area contributed by atoms with Crippen LogP contribution in [0.25, 0.3) is 10.2 Å². The Morgan fingerprint density at radius 3 is 2.62 bits per heavy atom. The van der Waals surface area contributed by atoms with E-state index < -0.39 is 6.03 Å². The van der Waals surface area contributed by atoms with E-state index in [0.29, 0.717) is 21.0 Å². The standard InChI is InChI=1S/C19H14ClN5O2S2/c1-10-4-2-7-14-15(10)23-19(29-14)24-16(26)13-9-28-18(22-13)25-17(27)21-12-6-3-5-11(20)8-12/h2-9H,1H3,(H,23,24,26)(H2,21,22,25,27). The number of rotatable bonds is 4. The number of anilines is 3. The van der Waals surface area contributed by atoms with Gasteiger partial charge in [-0.25, -0.2) is 14.8 Å². The molecule has 2 aromatic heterocycles. The zero-order valence-corrected chi connectivity index (χ0v) is 17.4. The first-order valence-electron chi connectivity index (χ1n) is 8.44. The van der Waals surface area contributed by atoms with E-state index in [-0.39, 0.29) is 11.6 Å². The highest BCUT2D eigenvalue weighted by Crippen LogP contribution is 2.28. The Bertz CT molecular complexity index is 1220. The molecule has 7 nitrogen and oxygen atoms in total. The first kappa shape index (κ1) is 19.3. The van der Waals surface area contributed by atoms with Gasteiger partial charge in [-0.1, -0.05) is 41.1 Å². The molecule has 2 heterocycles. The average molecular weight is 444 g/mol. The molecular formula is C19H14ClN5O2S2. The Kier molecular flexibility index (Phi) is 5.43. The minimum atomic E-state index is -0.477. The summed E-state index contributed by atoms with van der Waals surface area (Å²) in [5, 5.41) is 10.9. The summed E-state index contributed by atoms with van der Waals surface area (Å²) in [7, 11) is 0. The van der Waals surface area contributed by atoms with Gasteiger partial charge < -0.3 is 5.32 Å². The summed E-state index contributed by atoms with van der Waals surface area (Å²) in [6.45, 7) is 1.97. The van der Waals surface area contributed by atoms with E-state index in [0.717, 1.165) is 27.1 Å². The van der Waals surface area contributed by atoms with Crippen LogP contribution in [0.4, 0.5) is 20.7 Å². The molecule has 0 aliphatic rings. The van der Waals surface area contributed by atoms with Crippen molar-refractivity contribution in [2.24, 2.45) is 0 Å². The maximum absolute atomic E-state index is 12.5. The minimum absolute atomic E-state index is 0.198. The molecule has 0 saturated heterocycles. The highest BCUT2D eigenvalue weighted by molar-refractivity contribution is 7.22. The molecule has 2 aromatic carbocycles. The maximum Gasteiger partial charge on any atom is 0.325 e. The predicted molar refractivity (Wildman–Crippen MR) is 119 cm³/mol. The fourth-order valence-corrected chi connectivity index (χ4v) is 4.38. The molecule has 0 atom stereocenters. The van der Waals surface area contributed by atoms with Crippen LogP contribution in [0.15, 0.2) is 47.8 Å². The van der Waals surface area contributed by atoms with Gasteiger partial charge in [-0.3, -0.25) is 15.4 Å². The Balaban J connectivity index is 1.40. The van der Waals surface area contributed by atoms with Crippen LogP contribution in [0.2, 0.25) is 5.02 Å². The van der Waals surface area contributed by atoms with Crippen LogP contribution in [0.3, 0.4) is 0 Å². The van der Waals surface area contributed by atoms with E-state index in [4.69, 9.17) is 11.6 Å². The summed E-state index contributed by atoms with van der Waals surface area (Å²) >= 11 is 8.44. The van der Waals surface area contributed by atoms with Gasteiger partial charge in [0.1, 0.15) is 5.69 Å². The third-order valence-electron chi connectivity index (χ3n) is 3.88. The number of nitrogens with one attached hydrogen (secondary N) is 3. The molecule has 4 rings (SSSR count). The SMILES string of the molecule is Cc1cccc2sc(NC(=O)c3csc(NC(=O)Nc4cccc(Cl)c4)n3)nc12. The Hall–Kier alpha value is -3.01. The molecule has 4 aromatic rings. The second-order valence-corrected chi connectivity index (χ2v) is 8.35. The average Bonchev–Trinajstić information content (AvgIpc) is 3.29. The minimum Gasteiger partial charge on any atom is -0.308 e. The van der Waals surface area contributed by atoms with Gasteiger partial charge in [0.25, 0.3) is 5.91 Å². The van der Waals surface area contributed by atoms with Gasteiger partial charge in [0.2, 0.25) is 0 Å². The van der Waals surface area contributed by atoms with Crippen LogP contribution in [0, 0.1) is 6.92 Å².